The molecule has 0 radical (unpaired) electrons. The van der Waals surface area contributed by atoms with Crippen molar-refractivity contribution in [3.63, 3.8) is 0 Å². The summed E-state index contributed by atoms with van der Waals surface area (Å²) in [5, 5.41) is 23.8. The van der Waals surface area contributed by atoms with Gasteiger partial charge in [-0.15, -0.1) is 0 Å². The van der Waals surface area contributed by atoms with E-state index in [0.717, 1.165) is 42.1 Å². The Labute approximate surface area is 183 Å². The topological polar surface area (TPSA) is 40.5 Å². The number of benzene rings is 2. The van der Waals surface area contributed by atoms with Gasteiger partial charge in [-0.1, -0.05) is 71.7 Å². The predicted octanol–water partition coefficient (Wildman–Crippen LogP) is 6.10. The first-order valence-electron chi connectivity index (χ1n) is 11.1. The van der Waals surface area contributed by atoms with Crippen LogP contribution in [0.4, 0.5) is 0 Å². The highest BCUT2D eigenvalue weighted by Gasteiger charge is 2.56. The van der Waals surface area contributed by atoms with Crippen molar-refractivity contribution in [1.29, 1.82) is 0 Å². The first-order valence-corrected chi connectivity index (χ1v) is 11.9. The van der Waals surface area contributed by atoms with Gasteiger partial charge in [0.1, 0.15) is 0 Å². The van der Waals surface area contributed by atoms with E-state index in [1.807, 2.05) is 25.1 Å². The normalized spacial score (nSPS) is 37.6. The lowest BCUT2D eigenvalue weighted by Gasteiger charge is -2.51. The molecule has 0 saturated heterocycles. The van der Waals surface area contributed by atoms with Gasteiger partial charge >= 0.3 is 0 Å². The molecule has 2 nitrogen and oxygen atoms in total. The summed E-state index contributed by atoms with van der Waals surface area (Å²) in [6.45, 7) is 4.16. The van der Waals surface area contributed by atoms with Gasteiger partial charge in [-0.3, -0.25) is 0 Å². The van der Waals surface area contributed by atoms with Crippen LogP contribution in [0.1, 0.15) is 63.0 Å². The summed E-state index contributed by atoms with van der Waals surface area (Å²) >= 11 is 3.53. The van der Waals surface area contributed by atoms with E-state index < -0.39 is 11.2 Å². The van der Waals surface area contributed by atoms with E-state index >= 15 is 0 Å². The Hall–Kier alpha value is -1.16. The molecule has 0 bridgehead atoms. The Balaban J connectivity index is 1.72. The van der Waals surface area contributed by atoms with E-state index in [1.54, 1.807) is 0 Å². The highest BCUT2D eigenvalue weighted by Crippen LogP contribution is 2.56. The maximum Gasteiger partial charge on any atom is 0.0739 e. The fourth-order valence-corrected chi connectivity index (χ4v) is 6.70. The van der Waals surface area contributed by atoms with Crippen molar-refractivity contribution in [2.24, 2.45) is 17.8 Å². The number of aliphatic hydroxyl groups is 2. The van der Waals surface area contributed by atoms with E-state index in [1.165, 1.54) is 12.0 Å². The van der Waals surface area contributed by atoms with Crippen LogP contribution in [0, 0.1) is 17.8 Å². The van der Waals surface area contributed by atoms with Gasteiger partial charge in [0, 0.05) is 10.4 Å². The van der Waals surface area contributed by atoms with Crippen LogP contribution in [0.15, 0.2) is 59.1 Å². The second kappa shape index (κ2) is 8.17. The maximum absolute atomic E-state index is 12.4. The van der Waals surface area contributed by atoms with Crippen molar-refractivity contribution < 1.29 is 10.2 Å². The van der Waals surface area contributed by atoms with Gasteiger partial charge < -0.3 is 10.2 Å². The highest BCUT2D eigenvalue weighted by atomic mass is 79.9. The van der Waals surface area contributed by atoms with Crippen molar-refractivity contribution in [3.8, 4) is 0 Å². The molecule has 3 heteroatoms. The summed E-state index contributed by atoms with van der Waals surface area (Å²) in [4.78, 5) is 0. The van der Waals surface area contributed by atoms with Crippen molar-refractivity contribution >= 4 is 15.9 Å². The van der Waals surface area contributed by atoms with Crippen molar-refractivity contribution in [3.05, 3.63) is 70.2 Å². The van der Waals surface area contributed by atoms with Crippen LogP contribution in [0.3, 0.4) is 0 Å². The lowest BCUT2D eigenvalue weighted by Crippen LogP contribution is -2.55. The fraction of sp³-hybridized carbons (Fsp3) is 0.538. The van der Waals surface area contributed by atoms with E-state index in [4.69, 9.17) is 0 Å². The lowest BCUT2D eigenvalue weighted by atomic mass is 9.58. The molecule has 2 saturated carbocycles. The van der Waals surface area contributed by atoms with Gasteiger partial charge in [0.05, 0.1) is 11.2 Å². The number of hydrogen-bond donors (Lipinski definition) is 2. The summed E-state index contributed by atoms with van der Waals surface area (Å²) in [7, 11) is 0. The first kappa shape index (κ1) is 21.1. The average Bonchev–Trinajstić information content (AvgIpc) is 2.78. The first-order chi connectivity index (χ1) is 13.8. The molecule has 0 spiro atoms. The Morgan fingerprint density at radius 1 is 0.966 bits per heavy atom. The molecule has 0 aromatic heterocycles. The van der Waals surface area contributed by atoms with Gasteiger partial charge in [0.2, 0.25) is 0 Å². The molecular formula is C26H33BrO2. The molecule has 4 rings (SSSR count). The van der Waals surface area contributed by atoms with Crippen LogP contribution in [0.2, 0.25) is 0 Å². The number of rotatable bonds is 3. The molecule has 2 fully saturated rings. The van der Waals surface area contributed by atoms with E-state index in [-0.39, 0.29) is 23.7 Å². The molecule has 2 aromatic rings. The van der Waals surface area contributed by atoms with Crippen LogP contribution in [0.5, 0.6) is 0 Å². The minimum Gasteiger partial charge on any atom is -0.390 e. The molecule has 6 atom stereocenters. The molecule has 2 aliphatic rings. The molecule has 0 heterocycles. The zero-order valence-corrected chi connectivity index (χ0v) is 19.1. The molecule has 156 valence electrons. The predicted molar refractivity (Wildman–Crippen MR) is 122 cm³/mol. The summed E-state index contributed by atoms with van der Waals surface area (Å²) in [5.74, 6) is 0.404. The molecule has 0 amide bonds. The Morgan fingerprint density at radius 2 is 1.66 bits per heavy atom. The quantitative estimate of drug-likeness (QED) is 0.585. The molecule has 0 aliphatic heterocycles. The molecule has 0 unspecified atom stereocenters. The third-order valence-corrected chi connectivity index (χ3v) is 8.39. The average molecular weight is 457 g/mol. The number of hydrogen-bond acceptors (Lipinski definition) is 2. The zero-order chi connectivity index (χ0) is 20.6. The summed E-state index contributed by atoms with van der Waals surface area (Å²) in [5.41, 5.74) is 0.862. The largest absolute Gasteiger partial charge is 0.390 e. The van der Waals surface area contributed by atoms with Crippen molar-refractivity contribution in [2.75, 3.05) is 0 Å². The van der Waals surface area contributed by atoms with E-state index in [0.29, 0.717) is 0 Å². The third kappa shape index (κ3) is 3.94. The Bertz CT molecular complexity index is 816. The SMILES string of the molecule is C[C@H]1[C@@H](c2ccccc2)[C@](C)(O)CC[C@@H]2CCC[C@H](Cc3ccc(Br)cc3)[C@]21O. The van der Waals surface area contributed by atoms with E-state index in [9.17, 15) is 10.2 Å². The van der Waals surface area contributed by atoms with Crippen molar-refractivity contribution in [1.82, 2.24) is 0 Å². The summed E-state index contributed by atoms with van der Waals surface area (Å²) in [6, 6.07) is 18.9. The fourth-order valence-electron chi connectivity index (χ4n) is 6.43. The van der Waals surface area contributed by atoms with Crippen LogP contribution in [-0.2, 0) is 6.42 Å². The van der Waals surface area contributed by atoms with E-state index in [2.05, 4.69) is 59.3 Å². The molecule has 2 N–H and O–H groups in total. The van der Waals surface area contributed by atoms with Crippen LogP contribution < -0.4 is 0 Å². The molecule has 29 heavy (non-hydrogen) atoms. The number of halogens is 1. The van der Waals surface area contributed by atoms with Gasteiger partial charge in [-0.05, 0) is 80.0 Å². The monoisotopic (exact) mass is 456 g/mol. The molecule has 2 aromatic carbocycles. The number of fused-ring (bicyclic) bond motifs is 1. The molecule has 2 aliphatic carbocycles. The Kier molecular flexibility index (Phi) is 5.94. The summed E-state index contributed by atoms with van der Waals surface area (Å²) < 4.78 is 1.09. The highest BCUT2D eigenvalue weighted by molar-refractivity contribution is 9.10. The van der Waals surface area contributed by atoms with Crippen LogP contribution >= 0.6 is 15.9 Å². The standard InChI is InChI=1S/C26H33BrO2/c1-18-24(20-7-4-3-5-8-20)25(2,28)16-15-21-9-6-10-22(26(18,21)29)17-19-11-13-23(27)14-12-19/h3-5,7-8,11-14,18,21-22,24,28-29H,6,9-10,15-17H2,1-2H3/t18-,21-,22+,24-,25+,26+/m0/s1. The van der Waals surface area contributed by atoms with Gasteiger partial charge in [-0.25, -0.2) is 0 Å². The van der Waals surface area contributed by atoms with Gasteiger partial charge in [-0.2, -0.15) is 0 Å². The van der Waals surface area contributed by atoms with Crippen molar-refractivity contribution in [2.45, 2.75) is 69.5 Å². The minimum atomic E-state index is -0.810. The van der Waals surface area contributed by atoms with Gasteiger partial charge in [0.25, 0.3) is 0 Å². The Morgan fingerprint density at radius 3 is 2.34 bits per heavy atom. The van der Waals surface area contributed by atoms with Crippen LogP contribution in [0.25, 0.3) is 0 Å². The second-order valence-electron chi connectivity index (χ2n) is 9.62. The van der Waals surface area contributed by atoms with Gasteiger partial charge in [0.15, 0.2) is 0 Å². The zero-order valence-electron chi connectivity index (χ0n) is 17.5. The maximum atomic E-state index is 12.4. The van der Waals surface area contributed by atoms with Crippen LogP contribution in [-0.4, -0.2) is 21.4 Å². The lowest BCUT2D eigenvalue weighted by molar-refractivity contribution is -0.141. The molecular weight excluding hydrogens is 424 g/mol. The third-order valence-electron chi connectivity index (χ3n) is 7.87. The second-order valence-corrected chi connectivity index (χ2v) is 10.5. The summed E-state index contributed by atoms with van der Waals surface area (Å²) in [6.07, 6.45) is 5.82. The smallest absolute Gasteiger partial charge is 0.0739 e. The minimum absolute atomic E-state index is 0.00634.